The highest BCUT2D eigenvalue weighted by Gasteiger charge is 2.36. The molecule has 4 rings (SSSR count). The van der Waals surface area contributed by atoms with E-state index in [1.807, 2.05) is 4.90 Å². The zero-order valence-electron chi connectivity index (χ0n) is 17.5. The Morgan fingerprint density at radius 2 is 1.50 bits per heavy atom. The lowest BCUT2D eigenvalue weighted by molar-refractivity contribution is -0.136. The third-order valence-electron chi connectivity index (χ3n) is 6.57. The Hall–Kier alpha value is -1.87. The number of hydrogen-bond acceptors (Lipinski definition) is 4. The summed E-state index contributed by atoms with van der Waals surface area (Å²) < 4.78 is 27.8. The summed E-state index contributed by atoms with van der Waals surface area (Å²) in [5.74, 6) is -0.339. The van der Waals surface area contributed by atoms with Gasteiger partial charge in [0.15, 0.2) is 0 Å². The number of amides is 2. The van der Waals surface area contributed by atoms with Gasteiger partial charge >= 0.3 is 0 Å². The number of nitrogens with one attached hydrogen (secondary N) is 1. The van der Waals surface area contributed by atoms with Gasteiger partial charge in [0.25, 0.3) is 5.91 Å². The minimum absolute atomic E-state index is 0.0933. The van der Waals surface area contributed by atoms with Crippen molar-refractivity contribution in [1.29, 1.82) is 0 Å². The summed E-state index contributed by atoms with van der Waals surface area (Å²) in [6.07, 6.45) is 9.13. The SMILES string of the molecule is O=C(c1cc(S(=O)(=O)N2CCC[C@@H](C(=O)N3CCCCCC3)C2)c[nH]1)N1CCCC1. The van der Waals surface area contributed by atoms with E-state index in [4.69, 9.17) is 0 Å². The number of H-pyrrole nitrogens is 1. The lowest BCUT2D eigenvalue weighted by Crippen LogP contribution is -2.46. The Kier molecular flexibility index (Phi) is 6.48. The van der Waals surface area contributed by atoms with E-state index in [0.29, 0.717) is 31.7 Å². The average molecular weight is 437 g/mol. The van der Waals surface area contributed by atoms with E-state index in [1.165, 1.54) is 16.6 Å². The van der Waals surface area contributed by atoms with Crippen LogP contribution in [0.25, 0.3) is 0 Å². The van der Waals surface area contributed by atoms with E-state index in [2.05, 4.69) is 4.98 Å². The lowest BCUT2D eigenvalue weighted by atomic mass is 9.98. The van der Waals surface area contributed by atoms with Gasteiger partial charge in [0.2, 0.25) is 15.9 Å². The van der Waals surface area contributed by atoms with Gasteiger partial charge in [-0.15, -0.1) is 0 Å². The summed E-state index contributed by atoms with van der Waals surface area (Å²) in [6, 6.07) is 1.44. The highest BCUT2D eigenvalue weighted by Crippen LogP contribution is 2.26. The summed E-state index contributed by atoms with van der Waals surface area (Å²) in [7, 11) is -3.74. The second-order valence-electron chi connectivity index (χ2n) is 8.69. The first-order chi connectivity index (χ1) is 14.5. The minimum Gasteiger partial charge on any atom is -0.356 e. The van der Waals surface area contributed by atoms with Crippen LogP contribution < -0.4 is 0 Å². The molecule has 30 heavy (non-hydrogen) atoms. The van der Waals surface area contributed by atoms with Crippen LogP contribution in [-0.2, 0) is 14.8 Å². The van der Waals surface area contributed by atoms with Gasteiger partial charge in [0.1, 0.15) is 10.6 Å². The van der Waals surface area contributed by atoms with Crippen LogP contribution in [0.2, 0.25) is 0 Å². The fourth-order valence-corrected chi connectivity index (χ4v) is 6.32. The van der Waals surface area contributed by atoms with Crippen molar-refractivity contribution in [3.63, 3.8) is 0 Å². The first-order valence-electron chi connectivity index (χ1n) is 11.2. The molecule has 4 heterocycles. The molecule has 0 aliphatic carbocycles. The second-order valence-corrected chi connectivity index (χ2v) is 10.6. The molecule has 3 saturated heterocycles. The zero-order chi connectivity index (χ0) is 21.1. The topological polar surface area (TPSA) is 93.8 Å². The third kappa shape index (κ3) is 4.42. The lowest BCUT2D eigenvalue weighted by Gasteiger charge is -2.34. The maximum atomic E-state index is 13.2. The quantitative estimate of drug-likeness (QED) is 0.782. The van der Waals surface area contributed by atoms with Crippen LogP contribution in [0.3, 0.4) is 0 Å². The van der Waals surface area contributed by atoms with Gasteiger partial charge in [0, 0.05) is 45.5 Å². The molecule has 1 aromatic rings. The molecular formula is C21H32N4O4S. The summed E-state index contributed by atoms with van der Waals surface area (Å²) in [4.78, 5) is 32.2. The smallest absolute Gasteiger partial charge is 0.270 e. The van der Waals surface area contributed by atoms with Crippen molar-refractivity contribution < 1.29 is 18.0 Å². The van der Waals surface area contributed by atoms with Crippen molar-refractivity contribution in [2.75, 3.05) is 39.3 Å². The molecule has 1 atom stereocenters. The predicted octanol–water partition coefficient (Wildman–Crippen LogP) is 2.05. The van der Waals surface area contributed by atoms with Crippen LogP contribution in [0, 0.1) is 5.92 Å². The van der Waals surface area contributed by atoms with Crippen molar-refractivity contribution in [2.24, 2.45) is 5.92 Å². The van der Waals surface area contributed by atoms with Gasteiger partial charge in [-0.05, 0) is 44.6 Å². The molecule has 8 nitrogen and oxygen atoms in total. The molecular weight excluding hydrogens is 404 g/mol. The number of nitrogens with zero attached hydrogens (tertiary/aromatic N) is 3. The molecule has 1 aromatic heterocycles. The van der Waals surface area contributed by atoms with Crippen molar-refractivity contribution in [3.05, 3.63) is 18.0 Å². The van der Waals surface area contributed by atoms with Gasteiger partial charge in [0.05, 0.1) is 5.92 Å². The minimum atomic E-state index is -3.74. The van der Waals surface area contributed by atoms with Gasteiger partial charge < -0.3 is 14.8 Å². The number of piperidine rings is 1. The molecule has 0 saturated carbocycles. The molecule has 0 unspecified atom stereocenters. The molecule has 9 heteroatoms. The highest BCUT2D eigenvalue weighted by atomic mass is 32.2. The van der Waals surface area contributed by atoms with E-state index < -0.39 is 10.0 Å². The van der Waals surface area contributed by atoms with E-state index >= 15 is 0 Å². The Morgan fingerprint density at radius 3 is 2.20 bits per heavy atom. The Morgan fingerprint density at radius 1 is 0.867 bits per heavy atom. The van der Waals surface area contributed by atoms with Gasteiger partial charge in [-0.2, -0.15) is 4.31 Å². The number of rotatable bonds is 4. The molecule has 0 spiro atoms. The Balaban J connectivity index is 1.44. The van der Waals surface area contributed by atoms with E-state index in [9.17, 15) is 18.0 Å². The van der Waals surface area contributed by atoms with Gasteiger partial charge in [-0.1, -0.05) is 12.8 Å². The van der Waals surface area contributed by atoms with Crippen LogP contribution >= 0.6 is 0 Å². The highest BCUT2D eigenvalue weighted by molar-refractivity contribution is 7.89. The molecule has 0 bridgehead atoms. The number of sulfonamides is 1. The summed E-state index contributed by atoms with van der Waals surface area (Å²) >= 11 is 0. The predicted molar refractivity (Wildman–Crippen MR) is 112 cm³/mol. The Labute approximate surface area is 178 Å². The largest absolute Gasteiger partial charge is 0.356 e. The number of aromatic amines is 1. The standard InChI is InChI=1S/C21H32N4O4S/c26-20(23-9-3-1-2-4-10-23)17-8-7-13-25(16-17)30(28,29)18-14-19(22-15-18)21(27)24-11-5-6-12-24/h14-15,17,22H,1-13,16H2/t17-/m1/s1. The number of aromatic nitrogens is 1. The molecule has 2 amide bonds. The van der Waals surface area contributed by atoms with Crippen LogP contribution in [0.5, 0.6) is 0 Å². The molecule has 166 valence electrons. The number of hydrogen-bond donors (Lipinski definition) is 1. The maximum Gasteiger partial charge on any atom is 0.270 e. The summed E-state index contributed by atoms with van der Waals surface area (Å²) in [5, 5.41) is 0. The van der Waals surface area contributed by atoms with Crippen molar-refractivity contribution in [1.82, 2.24) is 19.1 Å². The molecule has 3 fully saturated rings. The van der Waals surface area contributed by atoms with Crippen LogP contribution in [0.1, 0.15) is 61.9 Å². The van der Waals surface area contributed by atoms with E-state index in [-0.39, 0.29) is 29.2 Å². The van der Waals surface area contributed by atoms with Gasteiger partial charge in [-0.3, -0.25) is 9.59 Å². The first kappa shape index (κ1) is 21.4. The van der Waals surface area contributed by atoms with Crippen molar-refractivity contribution in [2.45, 2.75) is 56.3 Å². The molecule has 0 aromatic carbocycles. The van der Waals surface area contributed by atoms with E-state index in [1.54, 1.807) is 4.90 Å². The average Bonchev–Trinajstić information content (AvgIpc) is 3.41. The van der Waals surface area contributed by atoms with Crippen LogP contribution in [0.15, 0.2) is 17.2 Å². The molecule has 1 N–H and O–H groups in total. The monoisotopic (exact) mass is 436 g/mol. The van der Waals surface area contributed by atoms with Crippen LogP contribution in [-0.4, -0.2) is 78.6 Å². The zero-order valence-corrected chi connectivity index (χ0v) is 18.3. The third-order valence-corrected chi connectivity index (χ3v) is 8.41. The summed E-state index contributed by atoms with van der Waals surface area (Å²) in [6.45, 7) is 3.62. The Bertz CT molecular complexity index is 867. The van der Waals surface area contributed by atoms with Crippen molar-refractivity contribution >= 4 is 21.8 Å². The number of carbonyl (C=O) groups excluding carboxylic acids is 2. The number of likely N-dealkylation sites (tertiary alicyclic amines) is 2. The first-order valence-corrected chi connectivity index (χ1v) is 12.7. The fourth-order valence-electron chi connectivity index (χ4n) is 4.80. The molecule has 3 aliphatic heterocycles. The summed E-state index contributed by atoms with van der Waals surface area (Å²) in [5.41, 5.74) is 0.310. The maximum absolute atomic E-state index is 13.2. The number of carbonyl (C=O) groups is 2. The fraction of sp³-hybridized carbons (Fsp3) is 0.714. The van der Waals surface area contributed by atoms with E-state index in [0.717, 1.165) is 58.0 Å². The molecule has 3 aliphatic rings. The van der Waals surface area contributed by atoms with Crippen LogP contribution in [0.4, 0.5) is 0 Å². The second kappa shape index (κ2) is 9.09. The normalized spacial score (nSPS) is 24.1. The molecule has 0 radical (unpaired) electrons. The van der Waals surface area contributed by atoms with Crippen molar-refractivity contribution in [3.8, 4) is 0 Å². The van der Waals surface area contributed by atoms with Gasteiger partial charge in [-0.25, -0.2) is 8.42 Å².